The Labute approximate surface area is 58.3 Å². The van der Waals surface area contributed by atoms with Crippen molar-refractivity contribution < 1.29 is 4.39 Å². The predicted molar refractivity (Wildman–Crippen MR) is 36.9 cm³/mol. The van der Waals surface area contributed by atoms with Gasteiger partial charge in [-0.05, 0) is 17.7 Å². The quantitative estimate of drug-likeness (QED) is 0.491. The molecule has 0 amide bonds. The summed E-state index contributed by atoms with van der Waals surface area (Å²) >= 11 is 5.53. The number of hydrogen-bond acceptors (Lipinski definition) is 0. The van der Waals surface area contributed by atoms with Gasteiger partial charge in [-0.3, -0.25) is 0 Å². The van der Waals surface area contributed by atoms with E-state index in [1.807, 2.05) is 0 Å². The lowest BCUT2D eigenvalue weighted by Gasteiger charge is -2.03. The molecule has 0 spiro atoms. The van der Waals surface area contributed by atoms with Crippen LogP contribution in [0.1, 0.15) is 6.42 Å². The Bertz CT molecular complexity index is 181. The van der Waals surface area contributed by atoms with Crippen molar-refractivity contribution in [2.24, 2.45) is 0 Å². The van der Waals surface area contributed by atoms with Crippen LogP contribution in [0.2, 0.25) is 0 Å². The Morgan fingerprint density at radius 2 is 2.22 bits per heavy atom. The van der Waals surface area contributed by atoms with Gasteiger partial charge in [0.15, 0.2) is 0 Å². The van der Waals surface area contributed by atoms with E-state index in [0.717, 1.165) is 0 Å². The summed E-state index contributed by atoms with van der Waals surface area (Å²) in [6.45, 7) is 3.54. The highest BCUT2D eigenvalue weighted by Gasteiger charge is 2.04. The summed E-state index contributed by atoms with van der Waals surface area (Å²) in [6.07, 6.45) is 3.26. The molecule has 0 aliphatic heterocycles. The standard InChI is InChI=1S/C7H6ClF/c1-5-2-6(8)4-7(9)3-5/h2-3H,1,4H2. The van der Waals surface area contributed by atoms with Gasteiger partial charge < -0.3 is 0 Å². The molecule has 0 N–H and O–H groups in total. The normalized spacial score (nSPS) is 19.1. The summed E-state index contributed by atoms with van der Waals surface area (Å²) in [6, 6.07) is 0. The van der Waals surface area contributed by atoms with E-state index in [4.69, 9.17) is 11.6 Å². The molecule has 1 rings (SSSR count). The molecule has 0 radical (unpaired) electrons. The minimum absolute atomic E-state index is 0.215. The van der Waals surface area contributed by atoms with Crippen molar-refractivity contribution in [1.29, 1.82) is 0 Å². The van der Waals surface area contributed by atoms with E-state index in [1.165, 1.54) is 6.08 Å². The van der Waals surface area contributed by atoms with Gasteiger partial charge in [-0.2, -0.15) is 0 Å². The lowest BCUT2D eigenvalue weighted by molar-refractivity contribution is 0.612. The predicted octanol–water partition coefficient (Wildman–Crippen LogP) is 2.92. The molecule has 0 saturated heterocycles. The van der Waals surface area contributed by atoms with Gasteiger partial charge in [0.05, 0.1) is 0 Å². The fourth-order valence-electron chi connectivity index (χ4n) is 0.707. The average Bonchev–Trinajstić information content (AvgIpc) is 1.59. The van der Waals surface area contributed by atoms with E-state index in [-0.39, 0.29) is 12.2 Å². The minimum atomic E-state index is -0.215. The van der Waals surface area contributed by atoms with E-state index in [9.17, 15) is 4.39 Å². The number of allylic oxidation sites excluding steroid dienone is 5. The van der Waals surface area contributed by atoms with Crippen LogP contribution in [0.15, 0.2) is 35.2 Å². The molecule has 1 aliphatic carbocycles. The van der Waals surface area contributed by atoms with E-state index in [1.54, 1.807) is 6.08 Å². The Morgan fingerprint density at radius 3 is 2.67 bits per heavy atom. The highest BCUT2D eigenvalue weighted by Crippen LogP contribution is 2.23. The van der Waals surface area contributed by atoms with Gasteiger partial charge in [0.2, 0.25) is 0 Å². The van der Waals surface area contributed by atoms with Crippen molar-refractivity contribution in [3.05, 3.63) is 35.2 Å². The molecule has 48 valence electrons. The number of rotatable bonds is 0. The second-order valence-corrected chi connectivity index (χ2v) is 2.42. The van der Waals surface area contributed by atoms with E-state index in [2.05, 4.69) is 6.58 Å². The van der Waals surface area contributed by atoms with Crippen molar-refractivity contribution in [2.75, 3.05) is 0 Å². The molecule has 9 heavy (non-hydrogen) atoms. The van der Waals surface area contributed by atoms with E-state index in [0.29, 0.717) is 10.6 Å². The molecule has 0 atom stereocenters. The highest BCUT2D eigenvalue weighted by molar-refractivity contribution is 6.30. The van der Waals surface area contributed by atoms with Crippen LogP contribution in [0.4, 0.5) is 4.39 Å². The molecule has 1 aliphatic rings. The third-order valence-corrected chi connectivity index (χ3v) is 1.26. The Morgan fingerprint density at radius 1 is 1.56 bits per heavy atom. The maximum Gasteiger partial charge on any atom is 0.106 e. The van der Waals surface area contributed by atoms with Crippen molar-refractivity contribution in [3.63, 3.8) is 0 Å². The molecule has 0 aromatic rings. The van der Waals surface area contributed by atoms with Gasteiger partial charge in [-0.15, -0.1) is 0 Å². The average molecular weight is 145 g/mol. The zero-order chi connectivity index (χ0) is 6.85. The topological polar surface area (TPSA) is 0 Å². The Balaban J connectivity index is 2.81. The lowest BCUT2D eigenvalue weighted by Crippen LogP contribution is -1.85. The summed E-state index contributed by atoms with van der Waals surface area (Å²) in [4.78, 5) is 0. The van der Waals surface area contributed by atoms with Crippen molar-refractivity contribution in [1.82, 2.24) is 0 Å². The van der Waals surface area contributed by atoms with E-state index >= 15 is 0 Å². The summed E-state index contributed by atoms with van der Waals surface area (Å²) in [5.41, 5.74) is 0.628. The fraction of sp³-hybridized carbons (Fsp3) is 0.143. The molecule has 0 saturated carbocycles. The Kier molecular flexibility index (Phi) is 1.72. The van der Waals surface area contributed by atoms with E-state index < -0.39 is 0 Å². The molecule has 0 nitrogen and oxygen atoms in total. The van der Waals surface area contributed by atoms with Crippen LogP contribution >= 0.6 is 11.6 Å². The third kappa shape index (κ3) is 1.68. The largest absolute Gasteiger partial charge is 0.211 e. The second-order valence-electron chi connectivity index (χ2n) is 1.93. The Hall–Kier alpha value is -0.560. The second kappa shape index (κ2) is 2.36. The van der Waals surface area contributed by atoms with Gasteiger partial charge in [0.1, 0.15) is 5.83 Å². The van der Waals surface area contributed by atoms with Gasteiger partial charge in [-0.25, -0.2) is 4.39 Å². The van der Waals surface area contributed by atoms with Gasteiger partial charge in [0, 0.05) is 11.5 Å². The molecule has 0 fully saturated rings. The van der Waals surface area contributed by atoms with Gasteiger partial charge in [-0.1, -0.05) is 18.2 Å². The van der Waals surface area contributed by atoms with Crippen LogP contribution in [0, 0.1) is 0 Å². The molecule has 0 aromatic carbocycles. The first-order valence-corrected chi connectivity index (χ1v) is 2.97. The van der Waals surface area contributed by atoms with Crippen LogP contribution in [0.5, 0.6) is 0 Å². The van der Waals surface area contributed by atoms with Crippen molar-refractivity contribution in [2.45, 2.75) is 6.42 Å². The number of hydrogen-bond donors (Lipinski definition) is 0. The first-order valence-electron chi connectivity index (χ1n) is 2.59. The zero-order valence-corrected chi connectivity index (χ0v) is 5.58. The van der Waals surface area contributed by atoms with Crippen molar-refractivity contribution >= 4 is 11.6 Å². The van der Waals surface area contributed by atoms with Crippen LogP contribution < -0.4 is 0 Å². The fourth-order valence-corrected chi connectivity index (χ4v) is 0.975. The van der Waals surface area contributed by atoms with Crippen molar-refractivity contribution in [3.8, 4) is 0 Å². The monoisotopic (exact) mass is 144 g/mol. The van der Waals surface area contributed by atoms with Crippen LogP contribution in [0.25, 0.3) is 0 Å². The molecule has 0 unspecified atom stereocenters. The zero-order valence-electron chi connectivity index (χ0n) is 4.82. The lowest BCUT2D eigenvalue weighted by atomic mass is 10.1. The summed E-state index contributed by atoms with van der Waals surface area (Å²) < 4.78 is 12.4. The molecular weight excluding hydrogens is 139 g/mol. The summed E-state index contributed by atoms with van der Waals surface area (Å²) in [7, 11) is 0. The molecule has 2 heteroatoms. The van der Waals surface area contributed by atoms with Crippen LogP contribution in [-0.4, -0.2) is 0 Å². The molecule has 0 bridgehead atoms. The smallest absolute Gasteiger partial charge is 0.106 e. The maximum absolute atomic E-state index is 12.4. The van der Waals surface area contributed by atoms with Gasteiger partial charge >= 0.3 is 0 Å². The first kappa shape index (κ1) is 6.56. The molecule has 0 aromatic heterocycles. The minimum Gasteiger partial charge on any atom is -0.211 e. The third-order valence-electron chi connectivity index (χ3n) is 1.02. The number of halogens is 2. The highest BCUT2D eigenvalue weighted by atomic mass is 35.5. The SMILES string of the molecule is C=C1C=C(F)CC(Cl)=C1. The maximum atomic E-state index is 12.4. The van der Waals surface area contributed by atoms with Crippen LogP contribution in [-0.2, 0) is 0 Å². The summed E-state index contributed by atoms with van der Waals surface area (Å²) in [5, 5.41) is 0.514. The summed E-state index contributed by atoms with van der Waals surface area (Å²) in [5.74, 6) is -0.215. The van der Waals surface area contributed by atoms with Crippen LogP contribution in [0.3, 0.4) is 0 Å². The molecule has 0 heterocycles. The molecular formula is C7H6ClF. The van der Waals surface area contributed by atoms with Gasteiger partial charge in [0.25, 0.3) is 0 Å². The first-order chi connectivity index (χ1) is 4.18.